The van der Waals surface area contributed by atoms with E-state index in [9.17, 15) is 14.7 Å². The Labute approximate surface area is 140 Å². The van der Waals surface area contributed by atoms with E-state index >= 15 is 0 Å². The van der Waals surface area contributed by atoms with Crippen LogP contribution in [0.4, 0.5) is 5.82 Å². The van der Waals surface area contributed by atoms with Gasteiger partial charge in [-0.15, -0.1) is 11.3 Å². The van der Waals surface area contributed by atoms with Crippen molar-refractivity contribution in [1.29, 1.82) is 0 Å². The standard InChI is InChI=1S/C14H14ClN3O4S/c15-14-17-11(16-7(13(21)22)4-5-9(19)20)10-6-2-1-3-8(6)23-12(10)18-14/h7H,1-5H2,(H,19,20)(H,21,22)(H,16,17,18). The maximum atomic E-state index is 11.4. The summed E-state index contributed by atoms with van der Waals surface area (Å²) in [6.07, 6.45) is 2.66. The van der Waals surface area contributed by atoms with Crippen LogP contribution in [0.25, 0.3) is 10.2 Å². The molecule has 3 rings (SSSR count). The number of hydrogen-bond donors (Lipinski definition) is 3. The Kier molecular flexibility index (Phi) is 4.36. The quantitative estimate of drug-likeness (QED) is 0.682. The fourth-order valence-corrected chi connectivity index (χ4v) is 4.24. The SMILES string of the molecule is O=C(O)CCC(Nc1nc(Cl)nc2sc3c(c12)CCC3)C(=O)O. The molecule has 23 heavy (non-hydrogen) atoms. The molecular weight excluding hydrogens is 342 g/mol. The van der Waals surface area contributed by atoms with Gasteiger partial charge >= 0.3 is 11.9 Å². The topological polar surface area (TPSA) is 112 Å². The number of aromatic nitrogens is 2. The highest BCUT2D eigenvalue weighted by molar-refractivity contribution is 7.19. The van der Waals surface area contributed by atoms with Crippen LogP contribution < -0.4 is 5.32 Å². The molecule has 1 aliphatic carbocycles. The molecule has 1 aliphatic rings. The molecule has 2 aromatic rings. The van der Waals surface area contributed by atoms with E-state index in [0.29, 0.717) is 5.82 Å². The first-order valence-electron chi connectivity index (χ1n) is 7.14. The summed E-state index contributed by atoms with van der Waals surface area (Å²) in [4.78, 5) is 32.4. The van der Waals surface area contributed by atoms with Crippen LogP contribution in [-0.2, 0) is 22.4 Å². The molecular formula is C14H14ClN3O4S. The molecule has 0 amide bonds. The van der Waals surface area contributed by atoms with E-state index < -0.39 is 18.0 Å². The molecule has 0 saturated carbocycles. The number of fused-ring (bicyclic) bond motifs is 3. The van der Waals surface area contributed by atoms with Crippen LogP contribution in [0, 0.1) is 0 Å². The van der Waals surface area contributed by atoms with Crippen LogP contribution in [0.15, 0.2) is 0 Å². The van der Waals surface area contributed by atoms with Gasteiger partial charge in [0.15, 0.2) is 0 Å². The monoisotopic (exact) mass is 355 g/mol. The number of aryl methyl sites for hydroxylation is 2. The van der Waals surface area contributed by atoms with E-state index in [-0.39, 0.29) is 18.1 Å². The van der Waals surface area contributed by atoms with Crippen molar-refractivity contribution >= 4 is 50.9 Å². The van der Waals surface area contributed by atoms with Gasteiger partial charge in [-0.05, 0) is 42.8 Å². The van der Waals surface area contributed by atoms with Gasteiger partial charge in [-0.1, -0.05) is 0 Å². The molecule has 2 aromatic heterocycles. The highest BCUT2D eigenvalue weighted by Crippen LogP contribution is 2.40. The highest BCUT2D eigenvalue weighted by Gasteiger charge is 2.25. The molecule has 0 fully saturated rings. The Morgan fingerprint density at radius 2 is 2.09 bits per heavy atom. The second-order valence-corrected chi connectivity index (χ2v) is 6.77. The maximum Gasteiger partial charge on any atom is 0.326 e. The fraction of sp³-hybridized carbons (Fsp3) is 0.429. The van der Waals surface area contributed by atoms with Gasteiger partial charge in [-0.3, -0.25) is 4.79 Å². The summed E-state index contributed by atoms with van der Waals surface area (Å²) in [5.41, 5.74) is 1.14. The summed E-state index contributed by atoms with van der Waals surface area (Å²) in [6, 6.07) is -1.04. The molecule has 1 unspecified atom stereocenters. The average Bonchev–Trinajstić information content (AvgIpc) is 3.02. The number of rotatable bonds is 6. The molecule has 9 heteroatoms. The van der Waals surface area contributed by atoms with E-state index in [2.05, 4.69) is 15.3 Å². The lowest BCUT2D eigenvalue weighted by atomic mass is 10.1. The molecule has 2 heterocycles. The van der Waals surface area contributed by atoms with Gasteiger partial charge in [-0.25, -0.2) is 14.8 Å². The average molecular weight is 356 g/mol. The number of nitrogens with zero attached hydrogens (tertiary/aromatic N) is 2. The lowest BCUT2D eigenvalue weighted by molar-refractivity contribution is -0.139. The molecule has 0 radical (unpaired) electrons. The molecule has 0 aromatic carbocycles. The first kappa shape index (κ1) is 15.9. The van der Waals surface area contributed by atoms with Crippen LogP contribution in [0.5, 0.6) is 0 Å². The van der Waals surface area contributed by atoms with Crippen molar-refractivity contribution in [2.75, 3.05) is 5.32 Å². The molecule has 7 nitrogen and oxygen atoms in total. The molecule has 3 N–H and O–H groups in total. The summed E-state index contributed by atoms with van der Waals surface area (Å²) < 4.78 is 0. The van der Waals surface area contributed by atoms with Crippen LogP contribution in [0.2, 0.25) is 5.28 Å². The minimum absolute atomic E-state index is 0.0416. The van der Waals surface area contributed by atoms with Crippen molar-refractivity contribution in [2.24, 2.45) is 0 Å². The van der Waals surface area contributed by atoms with Crippen molar-refractivity contribution in [3.63, 3.8) is 0 Å². The van der Waals surface area contributed by atoms with Gasteiger partial charge in [0.2, 0.25) is 5.28 Å². The van der Waals surface area contributed by atoms with Crippen molar-refractivity contribution in [2.45, 2.75) is 38.1 Å². The number of halogens is 1. The minimum atomic E-state index is -1.12. The molecule has 0 aliphatic heterocycles. The zero-order valence-electron chi connectivity index (χ0n) is 12.0. The fourth-order valence-electron chi connectivity index (χ4n) is 2.76. The van der Waals surface area contributed by atoms with Gasteiger partial charge < -0.3 is 15.5 Å². The maximum absolute atomic E-state index is 11.4. The Morgan fingerprint density at radius 1 is 1.30 bits per heavy atom. The summed E-state index contributed by atoms with van der Waals surface area (Å²) in [6.45, 7) is 0. The lowest BCUT2D eigenvalue weighted by Gasteiger charge is -2.15. The van der Waals surface area contributed by atoms with Gasteiger partial charge in [0, 0.05) is 11.3 Å². The molecule has 0 spiro atoms. The molecule has 0 saturated heterocycles. The molecule has 122 valence electrons. The lowest BCUT2D eigenvalue weighted by Crippen LogP contribution is -2.30. The molecule has 1 atom stereocenters. The summed E-state index contributed by atoms with van der Waals surface area (Å²) in [5.74, 6) is -1.79. The third-order valence-corrected chi connectivity index (χ3v) is 5.15. The van der Waals surface area contributed by atoms with E-state index in [1.54, 1.807) is 11.3 Å². The Bertz CT molecular complexity index is 792. The van der Waals surface area contributed by atoms with E-state index in [0.717, 1.165) is 35.0 Å². The normalized spacial score (nSPS) is 14.7. The number of carboxylic acid groups (broad SMARTS) is 2. The van der Waals surface area contributed by atoms with Crippen LogP contribution >= 0.6 is 22.9 Å². The smallest absolute Gasteiger partial charge is 0.326 e. The predicted molar refractivity (Wildman–Crippen MR) is 86.4 cm³/mol. The Hall–Kier alpha value is -1.93. The number of thiophene rings is 1. The van der Waals surface area contributed by atoms with Crippen molar-refractivity contribution in [3.8, 4) is 0 Å². The van der Waals surface area contributed by atoms with Crippen LogP contribution in [0.1, 0.15) is 29.7 Å². The minimum Gasteiger partial charge on any atom is -0.481 e. The van der Waals surface area contributed by atoms with Gasteiger partial charge in [0.25, 0.3) is 0 Å². The predicted octanol–water partition coefficient (Wildman–Crippen LogP) is 2.56. The number of anilines is 1. The zero-order chi connectivity index (χ0) is 16.6. The van der Waals surface area contributed by atoms with Crippen LogP contribution in [0.3, 0.4) is 0 Å². The Morgan fingerprint density at radius 3 is 2.78 bits per heavy atom. The van der Waals surface area contributed by atoms with E-state index in [1.165, 1.54) is 4.88 Å². The first-order chi connectivity index (χ1) is 11.0. The second kappa shape index (κ2) is 6.29. The number of carboxylic acids is 2. The van der Waals surface area contributed by atoms with Crippen LogP contribution in [-0.4, -0.2) is 38.2 Å². The highest BCUT2D eigenvalue weighted by atomic mass is 35.5. The zero-order valence-corrected chi connectivity index (χ0v) is 13.6. The van der Waals surface area contributed by atoms with E-state index in [1.807, 2.05) is 0 Å². The van der Waals surface area contributed by atoms with E-state index in [4.69, 9.17) is 16.7 Å². The molecule has 0 bridgehead atoms. The number of nitrogens with one attached hydrogen (secondary N) is 1. The van der Waals surface area contributed by atoms with Crippen molar-refractivity contribution < 1.29 is 19.8 Å². The summed E-state index contributed by atoms with van der Waals surface area (Å²) in [7, 11) is 0. The Balaban J connectivity index is 1.97. The van der Waals surface area contributed by atoms with Gasteiger partial charge in [0.1, 0.15) is 16.7 Å². The summed E-state index contributed by atoms with van der Waals surface area (Å²) in [5, 5.41) is 21.8. The number of hydrogen-bond acceptors (Lipinski definition) is 6. The van der Waals surface area contributed by atoms with Crippen molar-refractivity contribution in [1.82, 2.24) is 9.97 Å². The second-order valence-electron chi connectivity index (χ2n) is 5.35. The third-order valence-electron chi connectivity index (χ3n) is 3.79. The first-order valence-corrected chi connectivity index (χ1v) is 8.34. The van der Waals surface area contributed by atoms with Gasteiger partial charge in [0.05, 0.1) is 5.39 Å². The van der Waals surface area contributed by atoms with Gasteiger partial charge in [-0.2, -0.15) is 0 Å². The number of carbonyl (C=O) groups is 2. The number of aliphatic carboxylic acids is 2. The summed E-state index contributed by atoms with van der Waals surface area (Å²) >= 11 is 7.49. The third kappa shape index (κ3) is 3.23. The van der Waals surface area contributed by atoms with Crippen molar-refractivity contribution in [3.05, 3.63) is 15.7 Å². The largest absolute Gasteiger partial charge is 0.481 e.